The summed E-state index contributed by atoms with van der Waals surface area (Å²) >= 11 is 0. The van der Waals surface area contributed by atoms with Crippen molar-refractivity contribution in [1.29, 1.82) is 0 Å². The van der Waals surface area contributed by atoms with Crippen molar-refractivity contribution in [3.05, 3.63) is 59.3 Å². The van der Waals surface area contributed by atoms with Gasteiger partial charge in [0.1, 0.15) is 0 Å². The molecule has 0 saturated carbocycles. The third-order valence-corrected chi connectivity index (χ3v) is 3.01. The van der Waals surface area contributed by atoms with Gasteiger partial charge in [-0.15, -0.1) is 5.10 Å². The van der Waals surface area contributed by atoms with E-state index >= 15 is 0 Å². The molecule has 3 aromatic rings. The molecule has 1 aromatic carbocycles. The van der Waals surface area contributed by atoms with Crippen LogP contribution < -0.4 is 5.32 Å². The number of anilines is 1. The van der Waals surface area contributed by atoms with Crippen molar-refractivity contribution in [2.75, 3.05) is 5.32 Å². The van der Waals surface area contributed by atoms with E-state index in [4.69, 9.17) is 0 Å². The molecular formula is C15H16N4. The second kappa shape index (κ2) is 4.72. The van der Waals surface area contributed by atoms with Gasteiger partial charge in [-0.2, -0.15) is 4.98 Å². The van der Waals surface area contributed by atoms with Gasteiger partial charge in [0.05, 0.1) is 0 Å². The monoisotopic (exact) mass is 252 g/mol. The van der Waals surface area contributed by atoms with Crippen molar-refractivity contribution in [2.24, 2.45) is 0 Å². The van der Waals surface area contributed by atoms with E-state index in [0.717, 1.165) is 12.2 Å². The normalized spacial score (nSPS) is 10.8. The average Bonchev–Trinajstić information content (AvgIpc) is 2.78. The van der Waals surface area contributed by atoms with Crippen LogP contribution in [0.5, 0.6) is 0 Å². The van der Waals surface area contributed by atoms with Crippen LogP contribution in [0.25, 0.3) is 5.65 Å². The number of hydrogen-bond donors (Lipinski definition) is 1. The van der Waals surface area contributed by atoms with Crippen molar-refractivity contribution in [2.45, 2.75) is 20.4 Å². The fraction of sp³-hybridized carbons (Fsp3) is 0.200. The number of aromatic nitrogens is 3. The first kappa shape index (κ1) is 11.7. The molecule has 0 bridgehead atoms. The molecule has 19 heavy (non-hydrogen) atoms. The lowest BCUT2D eigenvalue weighted by Gasteiger charge is -2.02. The van der Waals surface area contributed by atoms with Crippen molar-refractivity contribution < 1.29 is 0 Å². The average molecular weight is 252 g/mol. The van der Waals surface area contributed by atoms with Gasteiger partial charge in [0.2, 0.25) is 5.95 Å². The van der Waals surface area contributed by atoms with Crippen LogP contribution in [-0.4, -0.2) is 14.6 Å². The highest BCUT2D eigenvalue weighted by Crippen LogP contribution is 2.09. The second-order valence-corrected chi connectivity index (χ2v) is 4.79. The summed E-state index contributed by atoms with van der Waals surface area (Å²) in [5, 5.41) is 7.66. The second-order valence-electron chi connectivity index (χ2n) is 4.79. The van der Waals surface area contributed by atoms with Gasteiger partial charge in [-0.3, -0.25) is 0 Å². The number of hydrogen-bond acceptors (Lipinski definition) is 3. The SMILES string of the molecule is Cc1cccc(CNc2nc3ccc(C)cn3n2)c1. The van der Waals surface area contributed by atoms with Crippen LogP contribution >= 0.6 is 0 Å². The maximum Gasteiger partial charge on any atom is 0.243 e. The smallest absolute Gasteiger partial charge is 0.243 e. The van der Waals surface area contributed by atoms with E-state index in [-0.39, 0.29) is 0 Å². The standard InChI is InChI=1S/C15H16N4/c1-11-4-3-5-13(8-11)9-16-15-17-14-7-6-12(2)10-19(14)18-15/h3-8,10H,9H2,1-2H3,(H,16,18). The number of rotatable bonds is 3. The summed E-state index contributed by atoms with van der Waals surface area (Å²) in [5.74, 6) is 0.659. The van der Waals surface area contributed by atoms with Gasteiger partial charge in [0.15, 0.2) is 5.65 Å². The zero-order chi connectivity index (χ0) is 13.2. The van der Waals surface area contributed by atoms with Gasteiger partial charge >= 0.3 is 0 Å². The summed E-state index contributed by atoms with van der Waals surface area (Å²) in [5.41, 5.74) is 4.52. The molecule has 0 fully saturated rings. The van der Waals surface area contributed by atoms with Crippen molar-refractivity contribution in [3.8, 4) is 0 Å². The minimum atomic E-state index is 0.659. The maximum absolute atomic E-state index is 4.43. The number of pyridine rings is 1. The number of benzene rings is 1. The highest BCUT2D eigenvalue weighted by atomic mass is 15.3. The Labute approximate surface area is 112 Å². The van der Waals surface area contributed by atoms with Gasteiger partial charge in [-0.25, -0.2) is 4.52 Å². The Morgan fingerprint density at radius 2 is 2.00 bits per heavy atom. The molecule has 0 atom stereocenters. The molecule has 0 radical (unpaired) electrons. The van der Waals surface area contributed by atoms with Gasteiger partial charge < -0.3 is 5.32 Å². The number of fused-ring (bicyclic) bond motifs is 1. The zero-order valence-electron chi connectivity index (χ0n) is 11.1. The molecule has 0 aliphatic heterocycles. The molecular weight excluding hydrogens is 236 g/mol. The van der Waals surface area contributed by atoms with E-state index < -0.39 is 0 Å². The largest absolute Gasteiger partial charge is 0.349 e. The Morgan fingerprint density at radius 1 is 1.11 bits per heavy atom. The first-order valence-electron chi connectivity index (χ1n) is 6.33. The number of aryl methyl sites for hydroxylation is 2. The van der Waals surface area contributed by atoms with E-state index in [2.05, 4.69) is 46.6 Å². The lowest BCUT2D eigenvalue weighted by molar-refractivity contribution is 0.942. The van der Waals surface area contributed by atoms with Gasteiger partial charge in [0, 0.05) is 12.7 Å². The third-order valence-electron chi connectivity index (χ3n) is 3.01. The van der Waals surface area contributed by atoms with E-state index in [1.54, 1.807) is 4.52 Å². The van der Waals surface area contributed by atoms with Crippen molar-refractivity contribution >= 4 is 11.6 Å². The summed E-state index contributed by atoms with van der Waals surface area (Å²) in [7, 11) is 0. The molecule has 0 unspecified atom stereocenters. The summed E-state index contributed by atoms with van der Waals surface area (Å²) in [4.78, 5) is 4.43. The van der Waals surface area contributed by atoms with E-state index in [0.29, 0.717) is 5.95 Å². The molecule has 0 amide bonds. The topological polar surface area (TPSA) is 42.2 Å². The molecule has 0 spiro atoms. The van der Waals surface area contributed by atoms with Gasteiger partial charge in [0.25, 0.3) is 0 Å². The van der Waals surface area contributed by atoms with Crippen molar-refractivity contribution in [1.82, 2.24) is 14.6 Å². The minimum absolute atomic E-state index is 0.659. The molecule has 3 rings (SSSR count). The van der Waals surface area contributed by atoms with E-state index in [1.807, 2.05) is 25.3 Å². The van der Waals surface area contributed by atoms with Crippen LogP contribution in [0.4, 0.5) is 5.95 Å². The fourth-order valence-corrected chi connectivity index (χ4v) is 2.06. The molecule has 4 heteroatoms. The fourth-order valence-electron chi connectivity index (χ4n) is 2.06. The summed E-state index contributed by atoms with van der Waals surface area (Å²) < 4.78 is 1.80. The quantitative estimate of drug-likeness (QED) is 0.779. The molecule has 0 aliphatic carbocycles. The maximum atomic E-state index is 4.43. The zero-order valence-corrected chi connectivity index (χ0v) is 11.1. The lowest BCUT2D eigenvalue weighted by atomic mass is 10.1. The molecule has 0 saturated heterocycles. The van der Waals surface area contributed by atoms with Crippen LogP contribution in [-0.2, 0) is 6.54 Å². The Bertz CT molecular complexity index is 715. The highest BCUT2D eigenvalue weighted by molar-refractivity contribution is 5.44. The highest BCUT2D eigenvalue weighted by Gasteiger charge is 2.03. The molecule has 2 heterocycles. The van der Waals surface area contributed by atoms with Crippen LogP contribution in [0.15, 0.2) is 42.6 Å². The lowest BCUT2D eigenvalue weighted by Crippen LogP contribution is -2.01. The summed E-state index contributed by atoms with van der Waals surface area (Å²) in [6, 6.07) is 12.4. The van der Waals surface area contributed by atoms with Crippen LogP contribution in [0.3, 0.4) is 0 Å². The first-order valence-corrected chi connectivity index (χ1v) is 6.33. The predicted molar refractivity (Wildman–Crippen MR) is 76.2 cm³/mol. The molecule has 0 aliphatic rings. The Hall–Kier alpha value is -2.36. The van der Waals surface area contributed by atoms with E-state index in [1.165, 1.54) is 16.7 Å². The molecule has 96 valence electrons. The third kappa shape index (κ3) is 2.57. The van der Waals surface area contributed by atoms with Crippen LogP contribution in [0.1, 0.15) is 16.7 Å². The molecule has 4 nitrogen and oxygen atoms in total. The Morgan fingerprint density at radius 3 is 2.84 bits per heavy atom. The first-order chi connectivity index (χ1) is 9.20. The summed E-state index contributed by atoms with van der Waals surface area (Å²) in [6.07, 6.45) is 1.97. The summed E-state index contributed by atoms with van der Waals surface area (Å²) in [6.45, 7) is 4.87. The number of nitrogens with one attached hydrogen (secondary N) is 1. The van der Waals surface area contributed by atoms with Crippen LogP contribution in [0, 0.1) is 13.8 Å². The van der Waals surface area contributed by atoms with Gasteiger partial charge in [-0.1, -0.05) is 35.9 Å². The predicted octanol–water partition coefficient (Wildman–Crippen LogP) is 2.96. The van der Waals surface area contributed by atoms with E-state index in [9.17, 15) is 0 Å². The Kier molecular flexibility index (Phi) is 2.91. The Balaban J connectivity index is 1.78. The molecule has 1 N–H and O–H groups in total. The van der Waals surface area contributed by atoms with Crippen LogP contribution in [0.2, 0.25) is 0 Å². The minimum Gasteiger partial charge on any atom is -0.349 e. The molecule has 2 aromatic heterocycles. The number of nitrogens with zero attached hydrogens (tertiary/aromatic N) is 3. The van der Waals surface area contributed by atoms with Crippen molar-refractivity contribution in [3.63, 3.8) is 0 Å². The van der Waals surface area contributed by atoms with Gasteiger partial charge in [-0.05, 0) is 31.0 Å².